The first-order chi connectivity index (χ1) is 9.24. The summed E-state index contributed by atoms with van der Waals surface area (Å²) in [6.45, 7) is 8.08. The van der Waals surface area contributed by atoms with Gasteiger partial charge in [-0.15, -0.1) is 0 Å². The molecule has 0 radical (unpaired) electrons. The molecule has 1 aromatic heterocycles. The SMILES string of the molecule is CCCNC(c1cccnc1N)C(OCC)OCC. The molecule has 19 heavy (non-hydrogen) atoms. The third kappa shape index (κ3) is 4.78. The Hall–Kier alpha value is -1.17. The number of rotatable bonds is 9. The molecule has 1 aromatic rings. The lowest BCUT2D eigenvalue weighted by molar-refractivity contribution is -0.155. The second-order valence-corrected chi connectivity index (χ2v) is 4.19. The number of anilines is 1. The van der Waals surface area contributed by atoms with Gasteiger partial charge in [-0.3, -0.25) is 0 Å². The molecule has 0 aliphatic heterocycles. The predicted molar refractivity (Wildman–Crippen MR) is 76.7 cm³/mol. The van der Waals surface area contributed by atoms with Crippen LogP contribution in [0.15, 0.2) is 18.3 Å². The fourth-order valence-corrected chi connectivity index (χ4v) is 1.91. The normalized spacial score (nSPS) is 12.8. The highest BCUT2D eigenvalue weighted by Gasteiger charge is 2.25. The van der Waals surface area contributed by atoms with E-state index >= 15 is 0 Å². The number of nitrogens with one attached hydrogen (secondary N) is 1. The van der Waals surface area contributed by atoms with E-state index in [1.165, 1.54) is 0 Å². The standard InChI is InChI=1S/C14H25N3O2/c1-4-9-16-12(14(18-5-2)19-6-3)11-8-7-10-17-13(11)15/h7-8,10,12,14,16H,4-6,9H2,1-3H3,(H2,15,17). The van der Waals surface area contributed by atoms with Gasteiger partial charge in [-0.05, 0) is 32.9 Å². The molecule has 0 spiro atoms. The van der Waals surface area contributed by atoms with Crippen molar-refractivity contribution in [2.24, 2.45) is 0 Å². The zero-order valence-electron chi connectivity index (χ0n) is 12.1. The van der Waals surface area contributed by atoms with Crippen molar-refractivity contribution in [2.45, 2.75) is 39.5 Å². The Kier molecular flexibility index (Phi) is 7.40. The molecule has 0 bridgehead atoms. The van der Waals surface area contributed by atoms with E-state index < -0.39 is 0 Å². The van der Waals surface area contributed by atoms with Crippen LogP contribution < -0.4 is 11.1 Å². The molecular formula is C14H25N3O2. The van der Waals surface area contributed by atoms with Crippen molar-refractivity contribution in [2.75, 3.05) is 25.5 Å². The van der Waals surface area contributed by atoms with Gasteiger partial charge in [-0.1, -0.05) is 13.0 Å². The maximum absolute atomic E-state index is 5.96. The van der Waals surface area contributed by atoms with Crippen LogP contribution in [0.2, 0.25) is 0 Å². The Balaban J connectivity index is 2.94. The van der Waals surface area contributed by atoms with Crippen LogP contribution in [0.3, 0.4) is 0 Å². The highest BCUT2D eigenvalue weighted by atomic mass is 16.7. The van der Waals surface area contributed by atoms with Gasteiger partial charge < -0.3 is 20.5 Å². The van der Waals surface area contributed by atoms with E-state index in [-0.39, 0.29) is 12.3 Å². The molecule has 0 aliphatic carbocycles. The third-order valence-corrected chi connectivity index (χ3v) is 2.75. The number of pyridine rings is 1. The number of aromatic nitrogens is 1. The quantitative estimate of drug-likeness (QED) is 0.671. The van der Waals surface area contributed by atoms with Gasteiger partial charge in [-0.2, -0.15) is 0 Å². The maximum Gasteiger partial charge on any atom is 0.176 e. The molecule has 1 atom stereocenters. The van der Waals surface area contributed by atoms with Gasteiger partial charge >= 0.3 is 0 Å². The molecule has 5 heteroatoms. The van der Waals surface area contributed by atoms with E-state index in [1.54, 1.807) is 6.20 Å². The molecule has 0 saturated carbocycles. The van der Waals surface area contributed by atoms with E-state index in [0.29, 0.717) is 19.0 Å². The number of ether oxygens (including phenoxy) is 2. The minimum atomic E-state index is -0.354. The van der Waals surface area contributed by atoms with Crippen LogP contribution in [0, 0.1) is 0 Å². The summed E-state index contributed by atoms with van der Waals surface area (Å²) in [6.07, 6.45) is 2.36. The lowest BCUT2D eigenvalue weighted by Gasteiger charge is -2.28. The smallest absolute Gasteiger partial charge is 0.176 e. The Morgan fingerprint density at radius 2 is 1.95 bits per heavy atom. The summed E-state index contributed by atoms with van der Waals surface area (Å²) in [4.78, 5) is 4.14. The topological polar surface area (TPSA) is 69.4 Å². The van der Waals surface area contributed by atoms with Crippen LogP contribution in [0.25, 0.3) is 0 Å². The fraction of sp³-hybridized carbons (Fsp3) is 0.643. The summed E-state index contributed by atoms with van der Waals surface area (Å²) in [7, 11) is 0. The van der Waals surface area contributed by atoms with Gasteiger partial charge in [0.1, 0.15) is 5.82 Å². The summed E-state index contributed by atoms with van der Waals surface area (Å²) in [5.41, 5.74) is 6.88. The monoisotopic (exact) mass is 267 g/mol. The maximum atomic E-state index is 5.96. The minimum Gasteiger partial charge on any atom is -0.383 e. The van der Waals surface area contributed by atoms with E-state index in [2.05, 4.69) is 17.2 Å². The van der Waals surface area contributed by atoms with E-state index in [9.17, 15) is 0 Å². The molecule has 1 rings (SSSR count). The van der Waals surface area contributed by atoms with Crippen molar-refractivity contribution in [3.63, 3.8) is 0 Å². The number of nitrogen functional groups attached to an aromatic ring is 1. The number of hydrogen-bond donors (Lipinski definition) is 2. The van der Waals surface area contributed by atoms with Gasteiger partial charge in [0, 0.05) is 25.0 Å². The van der Waals surface area contributed by atoms with Gasteiger partial charge in [0.05, 0.1) is 6.04 Å². The largest absolute Gasteiger partial charge is 0.383 e. The minimum absolute atomic E-state index is 0.103. The fourth-order valence-electron chi connectivity index (χ4n) is 1.91. The number of nitrogens with zero attached hydrogens (tertiary/aromatic N) is 1. The Bertz CT molecular complexity index is 354. The Morgan fingerprint density at radius 1 is 1.26 bits per heavy atom. The van der Waals surface area contributed by atoms with Gasteiger partial charge in [0.15, 0.2) is 6.29 Å². The van der Waals surface area contributed by atoms with E-state index in [1.807, 2.05) is 26.0 Å². The van der Waals surface area contributed by atoms with Crippen molar-refractivity contribution in [3.8, 4) is 0 Å². The van der Waals surface area contributed by atoms with Crippen LogP contribution in [0.4, 0.5) is 5.82 Å². The summed E-state index contributed by atoms with van der Waals surface area (Å²) >= 11 is 0. The molecule has 5 nitrogen and oxygen atoms in total. The van der Waals surface area contributed by atoms with E-state index in [0.717, 1.165) is 18.5 Å². The second kappa shape index (κ2) is 8.85. The molecule has 3 N–H and O–H groups in total. The first-order valence-electron chi connectivity index (χ1n) is 6.91. The number of nitrogens with two attached hydrogens (primary N) is 1. The molecule has 0 saturated heterocycles. The van der Waals surface area contributed by atoms with Gasteiger partial charge in [0.2, 0.25) is 0 Å². The predicted octanol–water partition coefficient (Wildman–Crippen LogP) is 2.10. The first-order valence-corrected chi connectivity index (χ1v) is 6.91. The number of hydrogen-bond acceptors (Lipinski definition) is 5. The van der Waals surface area contributed by atoms with Crippen LogP contribution >= 0.6 is 0 Å². The lowest BCUT2D eigenvalue weighted by atomic mass is 10.1. The molecule has 1 heterocycles. The summed E-state index contributed by atoms with van der Waals surface area (Å²) in [5, 5.41) is 3.43. The van der Waals surface area contributed by atoms with Gasteiger partial charge in [0.25, 0.3) is 0 Å². The molecule has 0 aromatic carbocycles. The molecule has 0 aliphatic rings. The average Bonchev–Trinajstić information content (AvgIpc) is 2.41. The lowest BCUT2D eigenvalue weighted by Crippen LogP contribution is -2.37. The van der Waals surface area contributed by atoms with Crippen molar-refractivity contribution in [1.82, 2.24) is 10.3 Å². The molecule has 108 valence electrons. The summed E-state index contributed by atoms with van der Waals surface area (Å²) in [6, 6.07) is 3.73. The Labute approximate surface area is 115 Å². The van der Waals surface area contributed by atoms with Crippen molar-refractivity contribution in [3.05, 3.63) is 23.9 Å². The van der Waals surface area contributed by atoms with Crippen molar-refractivity contribution in [1.29, 1.82) is 0 Å². The van der Waals surface area contributed by atoms with Crippen molar-refractivity contribution >= 4 is 5.82 Å². The van der Waals surface area contributed by atoms with Crippen molar-refractivity contribution < 1.29 is 9.47 Å². The zero-order valence-corrected chi connectivity index (χ0v) is 12.1. The van der Waals surface area contributed by atoms with Crippen LogP contribution in [0.5, 0.6) is 0 Å². The molecule has 1 unspecified atom stereocenters. The first kappa shape index (κ1) is 15.9. The zero-order chi connectivity index (χ0) is 14.1. The molecule has 0 fully saturated rings. The molecule has 0 amide bonds. The summed E-state index contributed by atoms with van der Waals surface area (Å²) in [5.74, 6) is 0.514. The van der Waals surface area contributed by atoms with Gasteiger partial charge in [-0.25, -0.2) is 4.98 Å². The second-order valence-electron chi connectivity index (χ2n) is 4.19. The Morgan fingerprint density at radius 3 is 2.47 bits per heavy atom. The summed E-state index contributed by atoms with van der Waals surface area (Å²) < 4.78 is 11.4. The van der Waals surface area contributed by atoms with E-state index in [4.69, 9.17) is 15.2 Å². The van der Waals surface area contributed by atoms with Crippen LogP contribution in [-0.4, -0.2) is 31.0 Å². The average molecular weight is 267 g/mol. The third-order valence-electron chi connectivity index (χ3n) is 2.75. The highest BCUT2D eigenvalue weighted by molar-refractivity contribution is 5.41. The molecular weight excluding hydrogens is 242 g/mol. The highest BCUT2D eigenvalue weighted by Crippen LogP contribution is 2.24. The van der Waals surface area contributed by atoms with Crippen LogP contribution in [-0.2, 0) is 9.47 Å². The van der Waals surface area contributed by atoms with Crippen LogP contribution in [0.1, 0.15) is 38.8 Å².